The van der Waals surface area contributed by atoms with Crippen molar-refractivity contribution in [1.82, 2.24) is 4.72 Å². The number of aliphatic imine (C=N–C) groups is 1. The Morgan fingerprint density at radius 2 is 1.74 bits per heavy atom. The highest BCUT2D eigenvalue weighted by atomic mass is 35.5. The smallest absolute Gasteiger partial charge is 0.206 e. The van der Waals surface area contributed by atoms with Crippen LogP contribution in [0.4, 0.5) is 18.9 Å². The molecule has 4 rings (SSSR count). The van der Waals surface area contributed by atoms with Crippen molar-refractivity contribution in [3.63, 3.8) is 0 Å². The van der Waals surface area contributed by atoms with E-state index in [1.165, 1.54) is 30.1 Å². The quantitative estimate of drug-likeness (QED) is 0.420. The average Bonchev–Trinajstić information content (AvgIpc) is 2.76. The van der Waals surface area contributed by atoms with Crippen molar-refractivity contribution in [2.45, 2.75) is 31.2 Å². The summed E-state index contributed by atoms with van der Waals surface area (Å²) in [6, 6.07) is 12.4. The summed E-state index contributed by atoms with van der Waals surface area (Å²) in [4.78, 5) is 5.26. The van der Waals surface area contributed by atoms with E-state index in [1.54, 1.807) is 38.1 Å². The van der Waals surface area contributed by atoms with Crippen molar-refractivity contribution in [1.29, 1.82) is 0 Å². The highest BCUT2D eigenvalue weighted by molar-refractivity contribution is 7.98. The Balaban J connectivity index is 1.68. The van der Waals surface area contributed by atoms with Gasteiger partial charge in [-0.05, 0) is 59.8 Å². The number of fused-ring (bicyclic) bond motifs is 1. The van der Waals surface area contributed by atoms with E-state index in [1.807, 2.05) is 6.07 Å². The van der Waals surface area contributed by atoms with Gasteiger partial charge in [0.2, 0.25) is 5.96 Å². The molecule has 3 nitrogen and oxygen atoms in total. The van der Waals surface area contributed by atoms with Crippen molar-refractivity contribution >= 4 is 35.2 Å². The zero-order valence-corrected chi connectivity index (χ0v) is 18.3. The van der Waals surface area contributed by atoms with Crippen LogP contribution < -0.4 is 10.0 Å². The Bertz CT molecular complexity index is 1180. The third-order valence-corrected chi connectivity index (χ3v) is 6.58. The second kappa shape index (κ2) is 8.85. The van der Waals surface area contributed by atoms with Gasteiger partial charge < -0.3 is 5.32 Å². The number of anilines is 1. The zero-order valence-electron chi connectivity index (χ0n) is 16.8. The summed E-state index contributed by atoms with van der Waals surface area (Å²) in [5.74, 6) is -1.34. The predicted molar refractivity (Wildman–Crippen MR) is 120 cm³/mol. The molecule has 0 amide bonds. The van der Waals surface area contributed by atoms with Crippen LogP contribution in [0.1, 0.15) is 35.1 Å². The van der Waals surface area contributed by atoms with Crippen LogP contribution in [0.2, 0.25) is 5.02 Å². The number of rotatable bonds is 4. The van der Waals surface area contributed by atoms with Crippen molar-refractivity contribution in [2.75, 3.05) is 5.32 Å². The molecule has 31 heavy (non-hydrogen) atoms. The van der Waals surface area contributed by atoms with Gasteiger partial charge in [0, 0.05) is 11.5 Å². The number of benzene rings is 3. The molecule has 2 N–H and O–H groups in total. The molecule has 8 heteroatoms. The second-order valence-corrected chi connectivity index (χ2v) is 8.44. The molecule has 160 valence electrons. The first-order valence-electron chi connectivity index (χ1n) is 9.61. The minimum Gasteiger partial charge on any atom is -0.324 e. The lowest BCUT2D eigenvalue weighted by molar-refractivity contribution is 0.599. The Kier molecular flexibility index (Phi) is 6.16. The molecule has 1 aliphatic heterocycles. The number of guanidine groups is 1. The number of hydrogen-bond acceptors (Lipinski definition) is 2. The SMILES string of the molecule is Cc1c(F)cccc1CN=C1NSc2ccc(F)c(C(C)c3cccc(F)c3Cl)c2N1. The molecule has 0 spiro atoms. The molecule has 0 aliphatic carbocycles. The van der Waals surface area contributed by atoms with Crippen LogP contribution in [0, 0.1) is 24.4 Å². The summed E-state index contributed by atoms with van der Waals surface area (Å²) in [7, 11) is 0. The fourth-order valence-corrected chi connectivity index (χ4v) is 4.54. The number of nitrogens with zero attached hydrogens (tertiary/aromatic N) is 1. The minimum absolute atomic E-state index is 0.0240. The van der Waals surface area contributed by atoms with Crippen LogP contribution >= 0.6 is 23.5 Å². The van der Waals surface area contributed by atoms with Gasteiger partial charge in [-0.15, -0.1) is 0 Å². The number of nitrogens with one attached hydrogen (secondary N) is 2. The van der Waals surface area contributed by atoms with E-state index in [0.717, 1.165) is 10.5 Å². The number of hydrogen-bond donors (Lipinski definition) is 2. The van der Waals surface area contributed by atoms with Gasteiger partial charge in [-0.3, -0.25) is 4.72 Å². The maximum absolute atomic E-state index is 14.9. The normalized spacial score (nSPS) is 15.2. The minimum atomic E-state index is -0.548. The van der Waals surface area contributed by atoms with Gasteiger partial charge in [-0.1, -0.05) is 42.8 Å². The molecule has 3 aromatic rings. The molecule has 0 radical (unpaired) electrons. The maximum atomic E-state index is 14.9. The molecule has 0 aromatic heterocycles. The molecule has 1 heterocycles. The largest absolute Gasteiger partial charge is 0.324 e. The molecule has 1 unspecified atom stereocenters. The second-order valence-electron chi connectivity index (χ2n) is 7.22. The zero-order chi connectivity index (χ0) is 22.1. The van der Waals surface area contributed by atoms with Gasteiger partial charge in [0.05, 0.1) is 22.2 Å². The Labute approximate surface area is 187 Å². The van der Waals surface area contributed by atoms with Gasteiger partial charge in [0.15, 0.2) is 0 Å². The van der Waals surface area contributed by atoms with E-state index >= 15 is 0 Å². The molecule has 0 fully saturated rings. The van der Waals surface area contributed by atoms with Crippen LogP contribution in [0.5, 0.6) is 0 Å². The summed E-state index contributed by atoms with van der Waals surface area (Å²) in [6.45, 7) is 3.74. The molecule has 0 saturated carbocycles. The first-order valence-corrected chi connectivity index (χ1v) is 10.8. The molecule has 1 aliphatic rings. The molecular weight excluding hydrogens is 443 g/mol. The maximum Gasteiger partial charge on any atom is 0.206 e. The third kappa shape index (κ3) is 4.25. The lowest BCUT2D eigenvalue weighted by Crippen LogP contribution is -2.30. The van der Waals surface area contributed by atoms with Crippen molar-refractivity contribution in [3.8, 4) is 0 Å². The highest BCUT2D eigenvalue weighted by Crippen LogP contribution is 2.41. The lowest BCUT2D eigenvalue weighted by Gasteiger charge is -2.26. The average molecular weight is 462 g/mol. The fraction of sp³-hybridized carbons (Fsp3) is 0.174. The van der Waals surface area contributed by atoms with E-state index in [9.17, 15) is 13.2 Å². The van der Waals surface area contributed by atoms with E-state index in [4.69, 9.17) is 11.6 Å². The van der Waals surface area contributed by atoms with Crippen molar-refractivity contribution < 1.29 is 13.2 Å². The van der Waals surface area contributed by atoms with E-state index in [2.05, 4.69) is 15.0 Å². The summed E-state index contributed by atoms with van der Waals surface area (Å²) in [5.41, 5.74) is 2.70. The first kappa shape index (κ1) is 21.6. The van der Waals surface area contributed by atoms with Gasteiger partial charge in [0.1, 0.15) is 17.5 Å². The highest BCUT2D eigenvalue weighted by Gasteiger charge is 2.26. The summed E-state index contributed by atoms with van der Waals surface area (Å²) >= 11 is 7.45. The van der Waals surface area contributed by atoms with Crippen LogP contribution in [-0.2, 0) is 6.54 Å². The van der Waals surface area contributed by atoms with Gasteiger partial charge in [-0.2, -0.15) is 0 Å². The monoisotopic (exact) mass is 461 g/mol. The summed E-state index contributed by atoms with van der Waals surface area (Å²) in [6.07, 6.45) is 0. The predicted octanol–water partition coefficient (Wildman–Crippen LogP) is 6.80. The Hall–Kier alpha value is -2.64. The van der Waals surface area contributed by atoms with E-state index in [-0.39, 0.29) is 17.4 Å². The number of halogens is 4. The molecule has 1 atom stereocenters. The van der Waals surface area contributed by atoms with Crippen LogP contribution in [-0.4, -0.2) is 5.96 Å². The van der Waals surface area contributed by atoms with Crippen LogP contribution in [0.3, 0.4) is 0 Å². The van der Waals surface area contributed by atoms with E-state index < -0.39 is 17.6 Å². The van der Waals surface area contributed by atoms with Gasteiger partial charge in [0.25, 0.3) is 0 Å². The van der Waals surface area contributed by atoms with Crippen LogP contribution in [0.25, 0.3) is 0 Å². The Morgan fingerprint density at radius 3 is 2.55 bits per heavy atom. The van der Waals surface area contributed by atoms with E-state index in [0.29, 0.717) is 28.3 Å². The summed E-state index contributed by atoms with van der Waals surface area (Å²) < 4.78 is 45.8. The van der Waals surface area contributed by atoms with Gasteiger partial charge >= 0.3 is 0 Å². The topological polar surface area (TPSA) is 36.4 Å². The molecule has 0 saturated heterocycles. The van der Waals surface area contributed by atoms with Crippen LogP contribution in [0.15, 0.2) is 58.4 Å². The molecule has 0 bridgehead atoms. The first-order chi connectivity index (χ1) is 14.9. The lowest BCUT2D eigenvalue weighted by atomic mass is 9.91. The summed E-state index contributed by atoms with van der Waals surface area (Å²) in [5, 5.41) is 3.12. The molecular formula is C23H19ClF3N3S. The standard InChI is InChI=1S/C23H19ClF3N3S/c1-12-14(5-3-7-16(12)25)11-28-23-29-22-19(31-30-23)10-9-17(26)20(22)13(2)15-6-4-8-18(27)21(15)24/h3-10,13H,11H2,1-2H3,(H2,28,29,30). The Morgan fingerprint density at radius 1 is 1.00 bits per heavy atom. The molecule has 3 aromatic carbocycles. The van der Waals surface area contributed by atoms with Gasteiger partial charge in [-0.25, -0.2) is 18.2 Å². The fourth-order valence-electron chi connectivity index (χ4n) is 3.53. The van der Waals surface area contributed by atoms with Crippen molar-refractivity contribution in [3.05, 3.63) is 93.3 Å². The third-order valence-electron chi connectivity index (χ3n) is 5.32. The van der Waals surface area contributed by atoms with Crippen molar-refractivity contribution in [2.24, 2.45) is 4.99 Å².